The van der Waals surface area contributed by atoms with Gasteiger partial charge in [0.05, 0.1) is 20.3 Å². The highest BCUT2D eigenvalue weighted by molar-refractivity contribution is 5.81. The summed E-state index contributed by atoms with van der Waals surface area (Å²) in [6, 6.07) is 12.7. The van der Waals surface area contributed by atoms with E-state index < -0.39 is 11.7 Å². The topological polar surface area (TPSA) is 66.0 Å². The third-order valence-electron chi connectivity index (χ3n) is 4.74. The lowest BCUT2D eigenvalue weighted by molar-refractivity contribution is -0.128. The van der Waals surface area contributed by atoms with Crippen molar-refractivity contribution in [3.8, 4) is 23.0 Å². The maximum absolute atomic E-state index is 12.8. The minimum atomic E-state index is -0.677. The first-order valence-electron chi connectivity index (χ1n) is 9.30. The molecule has 2 aromatic rings. The highest BCUT2D eigenvalue weighted by Gasteiger charge is 2.35. The summed E-state index contributed by atoms with van der Waals surface area (Å²) in [6.07, 6.45) is -0.0247. The summed E-state index contributed by atoms with van der Waals surface area (Å²) < 4.78 is 22.5. The van der Waals surface area contributed by atoms with Crippen molar-refractivity contribution in [3.05, 3.63) is 48.0 Å². The predicted molar refractivity (Wildman–Crippen MR) is 106 cm³/mol. The molecule has 2 aromatic carbocycles. The molecule has 1 N–H and O–H groups in total. The fourth-order valence-electron chi connectivity index (χ4n) is 3.34. The molecule has 0 bridgehead atoms. The van der Waals surface area contributed by atoms with E-state index in [1.54, 1.807) is 33.3 Å². The molecule has 0 saturated heterocycles. The number of hydrogen-bond acceptors (Lipinski definition) is 5. The van der Waals surface area contributed by atoms with Crippen LogP contribution in [-0.4, -0.2) is 31.8 Å². The molecule has 2 atom stereocenters. The molecule has 28 heavy (non-hydrogen) atoms. The van der Waals surface area contributed by atoms with E-state index in [0.717, 1.165) is 17.1 Å². The summed E-state index contributed by atoms with van der Waals surface area (Å²) in [7, 11) is 3.19. The molecule has 0 saturated carbocycles. The summed E-state index contributed by atoms with van der Waals surface area (Å²) in [5.41, 5.74) is 0.516. The van der Waals surface area contributed by atoms with E-state index >= 15 is 0 Å². The number of nitrogens with one attached hydrogen (secondary N) is 1. The summed E-state index contributed by atoms with van der Waals surface area (Å²) in [5, 5.41) is 3.10. The van der Waals surface area contributed by atoms with Gasteiger partial charge in [0, 0.05) is 18.1 Å². The molecule has 0 spiro atoms. The molecule has 0 radical (unpaired) electrons. The van der Waals surface area contributed by atoms with E-state index in [9.17, 15) is 4.79 Å². The molecular weight excluding hydrogens is 358 g/mol. The minimum Gasteiger partial charge on any atom is -0.497 e. The van der Waals surface area contributed by atoms with Crippen LogP contribution >= 0.6 is 0 Å². The van der Waals surface area contributed by atoms with E-state index in [-0.39, 0.29) is 11.9 Å². The molecule has 0 aromatic heterocycles. The first-order valence-corrected chi connectivity index (χ1v) is 9.30. The maximum atomic E-state index is 12.8. The number of benzene rings is 2. The van der Waals surface area contributed by atoms with E-state index in [4.69, 9.17) is 18.9 Å². The number of carbonyl (C=O) groups is 1. The Hall–Kier alpha value is -2.89. The molecule has 1 aliphatic rings. The smallest absolute Gasteiger partial charge is 0.261 e. The van der Waals surface area contributed by atoms with Crippen molar-refractivity contribution in [3.63, 3.8) is 0 Å². The Bertz CT molecular complexity index is 849. The van der Waals surface area contributed by atoms with Crippen molar-refractivity contribution in [2.45, 2.75) is 44.9 Å². The fourth-order valence-corrected chi connectivity index (χ4v) is 3.34. The third kappa shape index (κ3) is 4.32. The lowest BCUT2D eigenvalue weighted by Gasteiger charge is -2.38. The molecule has 0 aliphatic carbocycles. The Morgan fingerprint density at radius 3 is 2.54 bits per heavy atom. The number of carbonyl (C=O) groups excluding carboxylic acids is 1. The van der Waals surface area contributed by atoms with Gasteiger partial charge in [-0.15, -0.1) is 0 Å². The van der Waals surface area contributed by atoms with Gasteiger partial charge >= 0.3 is 0 Å². The summed E-state index contributed by atoms with van der Waals surface area (Å²) in [4.78, 5) is 12.8. The van der Waals surface area contributed by atoms with Crippen LogP contribution in [0.1, 0.15) is 38.8 Å². The fraction of sp³-hybridized carbons (Fsp3) is 0.409. The number of amides is 1. The first kappa shape index (κ1) is 19.9. The number of para-hydroxylation sites is 2. The highest BCUT2D eigenvalue weighted by atomic mass is 16.5. The highest BCUT2D eigenvalue weighted by Crippen LogP contribution is 2.41. The zero-order valence-corrected chi connectivity index (χ0v) is 16.9. The van der Waals surface area contributed by atoms with Crippen molar-refractivity contribution < 1.29 is 23.7 Å². The summed E-state index contributed by atoms with van der Waals surface area (Å²) >= 11 is 0. The van der Waals surface area contributed by atoms with Crippen LogP contribution in [0.3, 0.4) is 0 Å². The van der Waals surface area contributed by atoms with Gasteiger partial charge in [0.25, 0.3) is 5.91 Å². The zero-order valence-electron chi connectivity index (χ0n) is 16.9. The number of rotatable bonds is 6. The van der Waals surface area contributed by atoms with Crippen molar-refractivity contribution in [2.24, 2.45) is 0 Å². The van der Waals surface area contributed by atoms with E-state index in [1.807, 2.05) is 44.2 Å². The average molecular weight is 385 g/mol. The number of hydrogen-bond donors (Lipinski definition) is 1. The third-order valence-corrected chi connectivity index (χ3v) is 4.74. The van der Waals surface area contributed by atoms with Crippen LogP contribution in [0.5, 0.6) is 23.0 Å². The molecule has 0 fully saturated rings. The zero-order chi connectivity index (χ0) is 20.3. The molecule has 1 aliphatic heterocycles. The van der Waals surface area contributed by atoms with E-state index in [0.29, 0.717) is 17.9 Å². The molecule has 1 amide bonds. The van der Waals surface area contributed by atoms with Crippen molar-refractivity contribution in [2.75, 3.05) is 14.2 Å². The number of fused-ring (bicyclic) bond motifs is 1. The molecule has 150 valence electrons. The van der Waals surface area contributed by atoms with Gasteiger partial charge in [0.2, 0.25) is 0 Å². The molecule has 6 nitrogen and oxygen atoms in total. The Labute approximate surface area is 165 Å². The second-order valence-corrected chi connectivity index (χ2v) is 7.44. The van der Waals surface area contributed by atoms with E-state index in [2.05, 4.69) is 5.32 Å². The van der Waals surface area contributed by atoms with Crippen LogP contribution in [0.25, 0.3) is 0 Å². The Balaban J connectivity index is 1.76. The Morgan fingerprint density at radius 2 is 1.86 bits per heavy atom. The maximum Gasteiger partial charge on any atom is 0.261 e. The van der Waals surface area contributed by atoms with Gasteiger partial charge in [-0.05, 0) is 45.0 Å². The predicted octanol–water partition coefficient (Wildman–Crippen LogP) is 3.89. The van der Waals surface area contributed by atoms with Crippen LogP contribution in [-0.2, 0) is 4.79 Å². The number of methoxy groups -OCH3 is 2. The van der Waals surface area contributed by atoms with E-state index in [1.165, 1.54) is 0 Å². The minimum absolute atomic E-state index is 0.180. The molecule has 3 rings (SSSR count). The average Bonchev–Trinajstić information content (AvgIpc) is 2.66. The van der Waals surface area contributed by atoms with Crippen molar-refractivity contribution in [1.29, 1.82) is 0 Å². The van der Waals surface area contributed by atoms with Crippen LogP contribution in [0.15, 0.2) is 42.5 Å². The SMILES string of the molecule is COc1ccc2c(c1)OC(C)(C)C[C@@H]2NC(=O)[C@H](C)Oc1ccccc1OC. The molecular formula is C22H27NO5. The normalized spacial score (nSPS) is 18.2. The van der Waals surface area contributed by atoms with Gasteiger partial charge in [0.15, 0.2) is 17.6 Å². The first-order chi connectivity index (χ1) is 13.3. The lowest BCUT2D eigenvalue weighted by atomic mass is 9.89. The van der Waals surface area contributed by atoms with Crippen LogP contribution < -0.4 is 24.3 Å². The molecule has 6 heteroatoms. The second-order valence-electron chi connectivity index (χ2n) is 7.44. The summed E-state index contributed by atoms with van der Waals surface area (Å²) in [5.74, 6) is 2.36. The standard InChI is InChI=1S/C22H27NO5/c1-14(27-19-9-7-6-8-18(19)26-5)21(24)23-17-13-22(2,3)28-20-12-15(25-4)10-11-16(17)20/h6-12,14,17H,13H2,1-5H3,(H,23,24)/t14-,17-/m0/s1. The Kier molecular flexibility index (Phi) is 5.68. The van der Waals surface area contributed by atoms with Gasteiger partial charge in [0.1, 0.15) is 17.1 Å². The van der Waals surface area contributed by atoms with Gasteiger partial charge in [-0.2, -0.15) is 0 Å². The quantitative estimate of drug-likeness (QED) is 0.817. The van der Waals surface area contributed by atoms with Crippen LogP contribution in [0, 0.1) is 0 Å². The summed E-state index contributed by atoms with van der Waals surface area (Å²) in [6.45, 7) is 5.73. The monoisotopic (exact) mass is 385 g/mol. The lowest BCUT2D eigenvalue weighted by Crippen LogP contribution is -2.44. The van der Waals surface area contributed by atoms with Gasteiger partial charge < -0.3 is 24.3 Å². The van der Waals surface area contributed by atoms with Gasteiger partial charge in [-0.1, -0.05) is 12.1 Å². The Morgan fingerprint density at radius 1 is 1.14 bits per heavy atom. The number of ether oxygens (including phenoxy) is 4. The molecule has 1 heterocycles. The van der Waals surface area contributed by atoms with Crippen LogP contribution in [0.2, 0.25) is 0 Å². The molecule has 0 unspecified atom stereocenters. The van der Waals surface area contributed by atoms with Crippen LogP contribution in [0.4, 0.5) is 0 Å². The van der Waals surface area contributed by atoms with Gasteiger partial charge in [-0.3, -0.25) is 4.79 Å². The van der Waals surface area contributed by atoms with Crippen molar-refractivity contribution >= 4 is 5.91 Å². The van der Waals surface area contributed by atoms with Gasteiger partial charge in [-0.25, -0.2) is 0 Å². The second kappa shape index (κ2) is 8.00. The largest absolute Gasteiger partial charge is 0.497 e. The van der Waals surface area contributed by atoms with Crippen molar-refractivity contribution in [1.82, 2.24) is 5.32 Å².